The third kappa shape index (κ3) is 2.91. The van der Waals surface area contributed by atoms with E-state index in [4.69, 9.17) is 0 Å². The highest BCUT2D eigenvalue weighted by Gasteiger charge is 2.29. The van der Waals surface area contributed by atoms with Crippen LogP contribution in [0.4, 0.5) is 0 Å². The summed E-state index contributed by atoms with van der Waals surface area (Å²) >= 11 is 3.20. The number of hydroxylamine groups is 2. The van der Waals surface area contributed by atoms with Gasteiger partial charge >= 0.3 is 0 Å². The Balaban J connectivity index is 1.79. The van der Waals surface area contributed by atoms with Crippen molar-refractivity contribution in [1.82, 2.24) is 29.7 Å². The van der Waals surface area contributed by atoms with E-state index in [1.54, 1.807) is 7.05 Å². The van der Waals surface area contributed by atoms with Crippen molar-refractivity contribution < 1.29 is 14.8 Å². The molecule has 0 aliphatic carbocycles. The highest BCUT2D eigenvalue weighted by atomic mass is 79.9. The number of nitrogens with one attached hydrogen (secondary N) is 1. The SMILES string of the molecule is Cn1nc(Br)c2c(=O)n(CC(=O)NC3CCCN(O)C3=O)cnc21. The fourth-order valence-electron chi connectivity index (χ4n) is 2.64. The van der Waals surface area contributed by atoms with Crippen molar-refractivity contribution in [3.63, 3.8) is 0 Å². The first-order valence-electron chi connectivity index (χ1n) is 7.25. The van der Waals surface area contributed by atoms with E-state index in [0.29, 0.717) is 28.2 Å². The number of halogens is 1. The van der Waals surface area contributed by atoms with Gasteiger partial charge in [-0.1, -0.05) is 0 Å². The van der Waals surface area contributed by atoms with Gasteiger partial charge in [-0.15, -0.1) is 0 Å². The average molecular weight is 399 g/mol. The smallest absolute Gasteiger partial charge is 0.268 e. The van der Waals surface area contributed by atoms with Gasteiger partial charge in [-0.2, -0.15) is 5.10 Å². The summed E-state index contributed by atoms with van der Waals surface area (Å²) in [4.78, 5) is 40.5. The van der Waals surface area contributed by atoms with Crippen molar-refractivity contribution in [3.8, 4) is 0 Å². The number of hydrogen-bond acceptors (Lipinski definition) is 6. The van der Waals surface area contributed by atoms with Crippen molar-refractivity contribution in [2.24, 2.45) is 7.05 Å². The van der Waals surface area contributed by atoms with E-state index >= 15 is 0 Å². The number of carbonyl (C=O) groups is 2. The number of fused-ring (bicyclic) bond motifs is 1. The highest BCUT2D eigenvalue weighted by molar-refractivity contribution is 9.10. The van der Waals surface area contributed by atoms with Crippen molar-refractivity contribution in [2.75, 3.05) is 6.54 Å². The van der Waals surface area contributed by atoms with Crippen LogP contribution < -0.4 is 10.9 Å². The number of aryl methyl sites for hydroxylation is 1. The first kappa shape index (κ1) is 16.6. The van der Waals surface area contributed by atoms with E-state index in [-0.39, 0.29) is 18.5 Å². The lowest BCUT2D eigenvalue weighted by Gasteiger charge is -2.27. The van der Waals surface area contributed by atoms with Crippen LogP contribution in [-0.4, -0.2) is 54.0 Å². The largest absolute Gasteiger partial charge is 0.343 e. The van der Waals surface area contributed by atoms with E-state index in [1.807, 2.05) is 0 Å². The Bertz CT molecular complexity index is 875. The van der Waals surface area contributed by atoms with Crippen LogP contribution in [0.15, 0.2) is 15.7 Å². The number of piperidine rings is 1. The number of hydrogen-bond donors (Lipinski definition) is 2. The number of rotatable bonds is 3. The fraction of sp³-hybridized carbons (Fsp3) is 0.462. The van der Waals surface area contributed by atoms with Crippen molar-refractivity contribution in [2.45, 2.75) is 25.4 Å². The van der Waals surface area contributed by atoms with Gasteiger partial charge in [-0.3, -0.25) is 24.2 Å². The normalized spacial score (nSPS) is 18.2. The van der Waals surface area contributed by atoms with Crippen LogP contribution in [0.1, 0.15) is 12.8 Å². The molecule has 2 amide bonds. The Hall–Kier alpha value is -2.27. The summed E-state index contributed by atoms with van der Waals surface area (Å²) in [5.41, 5.74) is -0.00389. The molecule has 1 aliphatic rings. The molecule has 1 aliphatic heterocycles. The first-order valence-corrected chi connectivity index (χ1v) is 8.05. The van der Waals surface area contributed by atoms with E-state index in [1.165, 1.54) is 11.0 Å². The topological polar surface area (TPSA) is 122 Å². The molecule has 11 heteroatoms. The van der Waals surface area contributed by atoms with E-state index in [2.05, 4.69) is 31.3 Å². The Morgan fingerprint density at radius 3 is 3.00 bits per heavy atom. The molecule has 2 aromatic heterocycles. The molecule has 2 N–H and O–H groups in total. The summed E-state index contributed by atoms with van der Waals surface area (Å²) in [7, 11) is 1.66. The molecule has 1 unspecified atom stereocenters. The third-order valence-corrected chi connectivity index (χ3v) is 4.39. The van der Waals surface area contributed by atoms with Crippen LogP contribution in [0, 0.1) is 0 Å². The summed E-state index contributed by atoms with van der Waals surface area (Å²) in [5, 5.41) is 16.9. The maximum absolute atomic E-state index is 12.5. The maximum atomic E-state index is 12.5. The van der Waals surface area contributed by atoms with E-state index in [0.717, 1.165) is 4.57 Å². The lowest BCUT2D eigenvalue weighted by atomic mass is 10.1. The molecule has 3 rings (SSSR count). The van der Waals surface area contributed by atoms with Crippen LogP contribution >= 0.6 is 15.9 Å². The van der Waals surface area contributed by atoms with Gasteiger partial charge in [0.25, 0.3) is 11.5 Å². The number of amides is 2. The minimum atomic E-state index is -0.784. The summed E-state index contributed by atoms with van der Waals surface area (Å²) in [6.45, 7) is -0.0292. The minimum Gasteiger partial charge on any atom is -0.343 e. The quantitative estimate of drug-likeness (QED) is 0.664. The predicted molar refractivity (Wildman–Crippen MR) is 85.1 cm³/mol. The van der Waals surface area contributed by atoms with Gasteiger partial charge in [-0.25, -0.2) is 14.7 Å². The number of nitrogens with zero attached hydrogens (tertiary/aromatic N) is 5. The Morgan fingerprint density at radius 2 is 2.25 bits per heavy atom. The Morgan fingerprint density at radius 1 is 1.50 bits per heavy atom. The molecule has 0 saturated carbocycles. The second-order valence-electron chi connectivity index (χ2n) is 5.51. The van der Waals surface area contributed by atoms with Gasteiger partial charge in [-0.05, 0) is 28.8 Å². The molecule has 3 heterocycles. The van der Waals surface area contributed by atoms with Gasteiger partial charge in [0.1, 0.15) is 28.9 Å². The van der Waals surface area contributed by atoms with Gasteiger partial charge in [0.15, 0.2) is 5.65 Å². The summed E-state index contributed by atoms with van der Waals surface area (Å²) in [6.07, 6.45) is 2.30. The van der Waals surface area contributed by atoms with Crippen LogP contribution in [-0.2, 0) is 23.2 Å². The molecule has 0 spiro atoms. The standard InChI is InChI=1S/C13H15BrN6O4/c1-18-11-9(10(14)17-18)13(23)19(6-15-11)5-8(21)16-7-3-2-4-20(24)12(7)22/h6-7,24H,2-5H2,1H3,(H,16,21). The van der Waals surface area contributed by atoms with Crippen LogP contribution in [0.3, 0.4) is 0 Å². The van der Waals surface area contributed by atoms with Gasteiger partial charge < -0.3 is 5.32 Å². The second kappa shape index (κ2) is 6.32. The lowest BCUT2D eigenvalue weighted by Crippen LogP contribution is -2.52. The molecule has 0 bridgehead atoms. The van der Waals surface area contributed by atoms with E-state index in [9.17, 15) is 19.6 Å². The van der Waals surface area contributed by atoms with Crippen LogP contribution in [0.25, 0.3) is 11.0 Å². The van der Waals surface area contributed by atoms with Gasteiger partial charge in [0, 0.05) is 13.6 Å². The molecule has 10 nitrogen and oxygen atoms in total. The first-order chi connectivity index (χ1) is 11.4. The Labute approximate surface area is 144 Å². The maximum Gasteiger partial charge on any atom is 0.268 e. The molecule has 0 radical (unpaired) electrons. The molecule has 128 valence electrons. The molecule has 1 fully saturated rings. The zero-order valence-electron chi connectivity index (χ0n) is 12.8. The van der Waals surface area contributed by atoms with Gasteiger partial charge in [0.2, 0.25) is 5.91 Å². The van der Waals surface area contributed by atoms with Crippen molar-refractivity contribution >= 4 is 38.8 Å². The van der Waals surface area contributed by atoms with Gasteiger partial charge in [0.05, 0.1) is 0 Å². The van der Waals surface area contributed by atoms with Crippen molar-refractivity contribution in [3.05, 3.63) is 21.3 Å². The number of carbonyl (C=O) groups excluding carboxylic acids is 2. The monoisotopic (exact) mass is 398 g/mol. The summed E-state index contributed by atoms with van der Waals surface area (Å²) < 4.78 is 2.96. The van der Waals surface area contributed by atoms with Crippen LogP contribution in [0.5, 0.6) is 0 Å². The second-order valence-corrected chi connectivity index (χ2v) is 6.27. The third-order valence-electron chi connectivity index (χ3n) is 3.83. The molecule has 2 aromatic rings. The molecule has 1 saturated heterocycles. The molecule has 0 aromatic carbocycles. The number of aromatic nitrogens is 4. The summed E-state index contributed by atoms with van der Waals surface area (Å²) in [5.74, 6) is -1.06. The fourth-order valence-corrected chi connectivity index (χ4v) is 3.22. The highest BCUT2D eigenvalue weighted by Crippen LogP contribution is 2.16. The van der Waals surface area contributed by atoms with E-state index < -0.39 is 23.4 Å². The van der Waals surface area contributed by atoms with Crippen molar-refractivity contribution in [1.29, 1.82) is 0 Å². The predicted octanol–water partition coefficient (Wildman–Crippen LogP) is -0.611. The molecule has 1 atom stereocenters. The average Bonchev–Trinajstić information content (AvgIpc) is 2.82. The lowest BCUT2D eigenvalue weighted by molar-refractivity contribution is -0.173. The zero-order chi connectivity index (χ0) is 17.4. The molecular formula is C13H15BrN6O4. The summed E-state index contributed by atoms with van der Waals surface area (Å²) in [6, 6.07) is -0.784. The minimum absolute atomic E-state index is 0.250. The Kier molecular flexibility index (Phi) is 4.37. The van der Waals surface area contributed by atoms with Crippen LogP contribution in [0.2, 0.25) is 0 Å². The zero-order valence-corrected chi connectivity index (χ0v) is 14.4. The molecule has 24 heavy (non-hydrogen) atoms. The molecular weight excluding hydrogens is 384 g/mol.